The summed E-state index contributed by atoms with van der Waals surface area (Å²) in [6.45, 7) is 12.5. The molecule has 0 bridgehead atoms. The van der Waals surface area contributed by atoms with Gasteiger partial charge in [-0.1, -0.05) is 26.7 Å². The third-order valence-corrected chi connectivity index (χ3v) is 5.43. The van der Waals surface area contributed by atoms with E-state index < -0.39 is 0 Å². The number of morpholine rings is 1. The lowest BCUT2D eigenvalue weighted by Gasteiger charge is -2.45. The van der Waals surface area contributed by atoms with Crippen LogP contribution >= 0.6 is 0 Å². The topological polar surface area (TPSA) is 24.5 Å². The highest BCUT2D eigenvalue weighted by molar-refractivity contribution is 4.88. The van der Waals surface area contributed by atoms with Crippen molar-refractivity contribution < 1.29 is 4.74 Å². The molecule has 2 unspecified atom stereocenters. The van der Waals surface area contributed by atoms with Crippen molar-refractivity contribution in [1.82, 2.24) is 10.2 Å². The van der Waals surface area contributed by atoms with Crippen LogP contribution < -0.4 is 5.32 Å². The lowest BCUT2D eigenvalue weighted by atomic mass is 9.74. The first-order valence-electron chi connectivity index (χ1n) is 7.77. The van der Waals surface area contributed by atoms with Crippen LogP contribution in [-0.4, -0.2) is 49.8 Å². The summed E-state index contributed by atoms with van der Waals surface area (Å²) in [6.07, 6.45) is 5.80. The van der Waals surface area contributed by atoms with Gasteiger partial charge in [0.05, 0.1) is 12.7 Å². The minimum absolute atomic E-state index is 0.384. The maximum Gasteiger partial charge on any atom is 0.0852 e. The third-order valence-electron chi connectivity index (χ3n) is 5.43. The van der Waals surface area contributed by atoms with Crippen molar-refractivity contribution >= 4 is 0 Å². The number of nitrogens with one attached hydrogen (secondary N) is 1. The van der Waals surface area contributed by atoms with Gasteiger partial charge in [-0.05, 0) is 38.3 Å². The molecule has 0 aromatic carbocycles. The Kier molecular flexibility index (Phi) is 5.05. The van der Waals surface area contributed by atoms with Crippen molar-refractivity contribution in [2.75, 3.05) is 32.8 Å². The fraction of sp³-hybridized carbons (Fsp3) is 1.00. The molecule has 2 fully saturated rings. The van der Waals surface area contributed by atoms with Gasteiger partial charge < -0.3 is 10.1 Å². The van der Waals surface area contributed by atoms with Gasteiger partial charge in [0.2, 0.25) is 0 Å². The lowest BCUT2D eigenvalue weighted by Crippen LogP contribution is -2.53. The summed E-state index contributed by atoms with van der Waals surface area (Å²) in [5.74, 6) is 0. The van der Waals surface area contributed by atoms with Crippen LogP contribution in [0, 0.1) is 5.41 Å². The Morgan fingerprint density at radius 2 is 1.94 bits per heavy atom. The second-order valence-electron chi connectivity index (χ2n) is 6.10. The van der Waals surface area contributed by atoms with Gasteiger partial charge in [0, 0.05) is 19.1 Å². The van der Waals surface area contributed by atoms with Gasteiger partial charge in [0.15, 0.2) is 0 Å². The highest BCUT2D eigenvalue weighted by atomic mass is 16.5. The van der Waals surface area contributed by atoms with Crippen LogP contribution in [0.15, 0.2) is 0 Å². The van der Waals surface area contributed by atoms with Gasteiger partial charge in [-0.2, -0.15) is 0 Å². The zero-order valence-electron chi connectivity index (χ0n) is 12.4. The molecular formula is C15H30N2O. The number of likely N-dealkylation sites (tertiary alicyclic amines) is 1. The Bertz CT molecular complexity index is 237. The summed E-state index contributed by atoms with van der Waals surface area (Å²) in [5.41, 5.74) is 0.627. The number of piperidine rings is 1. The van der Waals surface area contributed by atoms with Crippen molar-refractivity contribution in [1.29, 1.82) is 0 Å². The summed E-state index contributed by atoms with van der Waals surface area (Å²) in [4.78, 5) is 2.64. The minimum Gasteiger partial charge on any atom is -0.374 e. The number of rotatable bonds is 4. The first kappa shape index (κ1) is 14.3. The highest BCUT2D eigenvalue weighted by Gasteiger charge is 2.35. The monoisotopic (exact) mass is 254 g/mol. The predicted octanol–water partition coefficient (Wildman–Crippen LogP) is 2.27. The van der Waals surface area contributed by atoms with Gasteiger partial charge in [-0.3, -0.25) is 4.90 Å². The highest BCUT2D eigenvalue weighted by Crippen LogP contribution is 2.38. The molecule has 2 aliphatic rings. The molecule has 2 rings (SSSR count). The normalized spacial score (nSPS) is 31.2. The average molecular weight is 254 g/mol. The van der Waals surface area contributed by atoms with E-state index in [-0.39, 0.29) is 0 Å². The third kappa shape index (κ3) is 3.06. The Balaban J connectivity index is 1.84. The zero-order valence-corrected chi connectivity index (χ0v) is 12.4. The van der Waals surface area contributed by atoms with Crippen LogP contribution in [0.25, 0.3) is 0 Å². The summed E-state index contributed by atoms with van der Waals surface area (Å²) in [7, 11) is 0. The molecule has 2 atom stereocenters. The Hall–Kier alpha value is -0.120. The van der Waals surface area contributed by atoms with Crippen LogP contribution in [0.5, 0.6) is 0 Å². The van der Waals surface area contributed by atoms with Gasteiger partial charge in [-0.15, -0.1) is 0 Å². The summed E-state index contributed by atoms with van der Waals surface area (Å²) in [6, 6.07) is 0.560. The van der Waals surface area contributed by atoms with E-state index in [1.807, 2.05) is 0 Å². The molecule has 18 heavy (non-hydrogen) atoms. The van der Waals surface area contributed by atoms with Crippen molar-refractivity contribution in [2.45, 2.75) is 58.6 Å². The minimum atomic E-state index is 0.384. The molecule has 0 amide bonds. The largest absolute Gasteiger partial charge is 0.374 e. The van der Waals surface area contributed by atoms with E-state index in [0.717, 1.165) is 19.7 Å². The SMILES string of the molecule is CCC1(CC)CCN(C(C)C2CNCCO2)CC1. The Labute approximate surface area is 112 Å². The average Bonchev–Trinajstić information content (AvgIpc) is 2.47. The summed E-state index contributed by atoms with van der Waals surface area (Å²) < 4.78 is 5.89. The standard InChI is InChI=1S/C15H30N2O/c1-4-15(5-2)6-9-17(10-7-15)13(3)14-12-16-8-11-18-14/h13-14,16H,4-12H2,1-3H3. The van der Waals surface area contributed by atoms with Crippen LogP contribution in [0.4, 0.5) is 0 Å². The fourth-order valence-corrected chi connectivity index (χ4v) is 3.49. The first-order valence-corrected chi connectivity index (χ1v) is 7.77. The van der Waals surface area contributed by atoms with E-state index in [4.69, 9.17) is 4.74 Å². The van der Waals surface area contributed by atoms with Crippen LogP contribution in [0.3, 0.4) is 0 Å². The number of nitrogens with zero attached hydrogens (tertiary/aromatic N) is 1. The summed E-state index contributed by atoms with van der Waals surface area (Å²) >= 11 is 0. The lowest BCUT2D eigenvalue weighted by molar-refractivity contribution is -0.0421. The fourth-order valence-electron chi connectivity index (χ4n) is 3.49. The van der Waals surface area contributed by atoms with Crippen molar-refractivity contribution in [3.63, 3.8) is 0 Å². The molecule has 2 saturated heterocycles. The van der Waals surface area contributed by atoms with Crippen LogP contribution in [0.2, 0.25) is 0 Å². The maximum atomic E-state index is 5.89. The van der Waals surface area contributed by atoms with Gasteiger partial charge in [-0.25, -0.2) is 0 Å². The van der Waals surface area contributed by atoms with Gasteiger partial charge in [0.25, 0.3) is 0 Å². The van der Waals surface area contributed by atoms with Crippen LogP contribution in [0.1, 0.15) is 46.5 Å². The number of hydrogen-bond donors (Lipinski definition) is 1. The Morgan fingerprint density at radius 3 is 2.44 bits per heavy atom. The second kappa shape index (κ2) is 6.36. The van der Waals surface area contributed by atoms with E-state index in [9.17, 15) is 0 Å². The molecule has 0 spiro atoms. The van der Waals surface area contributed by atoms with E-state index in [1.165, 1.54) is 38.8 Å². The zero-order chi connectivity index (χ0) is 13.0. The predicted molar refractivity (Wildman–Crippen MR) is 75.9 cm³/mol. The smallest absolute Gasteiger partial charge is 0.0852 e. The first-order chi connectivity index (χ1) is 8.71. The van der Waals surface area contributed by atoms with Crippen molar-refractivity contribution in [2.24, 2.45) is 5.41 Å². The molecule has 2 heterocycles. The molecule has 1 N–H and O–H groups in total. The quantitative estimate of drug-likeness (QED) is 0.833. The maximum absolute atomic E-state index is 5.89. The van der Waals surface area contributed by atoms with Gasteiger partial charge >= 0.3 is 0 Å². The molecule has 0 aromatic heterocycles. The molecule has 0 saturated carbocycles. The molecule has 106 valence electrons. The van der Waals surface area contributed by atoms with Crippen LogP contribution in [-0.2, 0) is 4.74 Å². The van der Waals surface area contributed by atoms with Crippen molar-refractivity contribution in [3.05, 3.63) is 0 Å². The number of ether oxygens (including phenoxy) is 1. The molecule has 0 aromatic rings. The van der Waals surface area contributed by atoms with E-state index in [0.29, 0.717) is 17.6 Å². The van der Waals surface area contributed by atoms with Gasteiger partial charge in [0.1, 0.15) is 0 Å². The second-order valence-corrected chi connectivity index (χ2v) is 6.10. The molecule has 3 heteroatoms. The molecule has 3 nitrogen and oxygen atoms in total. The number of hydrogen-bond acceptors (Lipinski definition) is 3. The van der Waals surface area contributed by atoms with Crippen molar-refractivity contribution in [3.8, 4) is 0 Å². The molecule has 0 aliphatic carbocycles. The molecule has 2 aliphatic heterocycles. The molecule has 0 radical (unpaired) electrons. The summed E-state index contributed by atoms with van der Waals surface area (Å²) in [5, 5.41) is 3.44. The van der Waals surface area contributed by atoms with E-state index in [2.05, 4.69) is 31.0 Å². The molecular weight excluding hydrogens is 224 g/mol. The van der Waals surface area contributed by atoms with E-state index in [1.54, 1.807) is 0 Å². The Morgan fingerprint density at radius 1 is 1.28 bits per heavy atom. The van der Waals surface area contributed by atoms with E-state index >= 15 is 0 Å².